The highest BCUT2D eigenvalue weighted by Gasteiger charge is 2.09. The fourth-order valence-corrected chi connectivity index (χ4v) is 2.23. The summed E-state index contributed by atoms with van der Waals surface area (Å²) in [5, 5.41) is 3.11. The van der Waals surface area contributed by atoms with Crippen LogP contribution in [-0.4, -0.2) is 7.11 Å². The van der Waals surface area contributed by atoms with Gasteiger partial charge in [0.25, 0.3) is 0 Å². The van der Waals surface area contributed by atoms with E-state index in [1.807, 2.05) is 47.7 Å². The van der Waals surface area contributed by atoms with Crippen molar-refractivity contribution < 1.29 is 9.13 Å². The Kier molecular flexibility index (Phi) is 4.14. The Morgan fingerprint density at radius 1 is 1.21 bits per heavy atom. The van der Waals surface area contributed by atoms with Crippen LogP contribution in [0.2, 0.25) is 0 Å². The van der Waals surface area contributed by atoms with Crippen molar-refractivity contribution in [3.05, 3.63) is 45.3 Å². The van der Waals surface area contributed by atoms with E-state index in [0.29, 0.717) is 20.7 Å². The first-order valence-corrected chi connectivity index (χ1v) is 6.75. The Labute approximate surface area is 125 Å². The van der Waals surface area contributed by atoms with Gasteiger partial charge in [-0.2, -0.15) is 0 Å². The quantitative estimate of drug-likeness (QED) is 0.631. The van der Waals surface area contributed by atoms with Gasteiger partial charge < -0.3 is 15.8 Å². The van der Waals surface area contributed by atoms with E-state index in [-0.39, 0.29) is 5.82 Å². The van der Waals surface area contributed by atoms with Crippen LogP contribution in [0.5, 0.6) is 5.75 Å². The number of hydrogen-bond acceptors (Lipinski definition) is 3. The molecule has 0 bridgehead atoms. The molecule has 0 aliphatic rings. The fraction of sp³-hybridized carbons (Fsp3) is 0.143. The van der Waals surface area contributed by atoms with E-state index in [2.05, 4.69) is 5.32 Å². The predicted octanol–water partition coefficient (Wildman–Crippen LogP) is 4.07. The van der Waals surface area contributed by atoms with Crippen LogP contribution in [0.15, 0.2) is 30.3 Å². The van der Waals surface area contributed by atoms with E-state index in [4.69, 9.17) is 10.5 Å². The second kappa shape index (κ2) is 5.64. The molecule has 5 heteroatoms. The monoisotopic (exact) mass is 372 g/mol. The molecule has 2 aromatic carbocycles. The maximum Gasteiger partial charge on any atom is 0.142 e. The molecule has 0 heterocycles. The highest BCUT2D eigenvalue weighted by Crippen LogP contribution is 2.32. The molecule has 2 aromatic rings. The van der Waals surface area contributed by atoms with Crippen molar-refractivity contribution in [2.24, 2.45) is 0 Å². The summed E-state index contributed by atoms with van der Waals surface area (Å²) in [4.78, 5) is 0. The first kappa shape index (κ1) is 13.9. The van der Waals surface area contributed by atoms with Gasteiger partial charge in [-0.1, -0.05) is 6.07 Å². The van der Waals surface area contributed by atoms with Crippen molar-refractivity contribution >= 4 is 39.7 Å². The average Bonchev–Trinajstić information content (AvgIpc) is 2.36. The molecule has 0 spiro atoms. The highest BCUT2D eigenvalue weighted by atomic mass is 127. The number of rotatable bonds is 3. The zero-order valence-corrected chi connectivity index (χ0v) is 12.8. The number of methoxy groups -OCH3 is 1. The summed E-state index contributed by atoms with van der Waals surface area (Å²) in [5.74, 6) is 0.382. The predicted molar refractivity (Wildman–Crippen MR) is 84.5 cm³/mol. The first-order chi connectivity index (χ1) is 9.01. The molecule has 0 atom stereocenters. The minimum atomic E-state index is -0.302. The van der Waals surface area contributed by atoms with Gasteiger partial charge >= 0.3 is 0 Å². The number of hydrogen-bond donors (Lipinski definition) is 2. The summed E-state index contributed by atoms with van der Waals surface area (Å²) in [5.41, 5.74) is 8.75. The molecule has 2 rings (SSSR count). The smallest absolute Gasteiger partial charge is 0.142 e. The molecule has 0 saturated carbocycles. The van der Waals surface area contributed by atoms with Gasteiger partial charge in [-0.3, -0.25) is 0 Å². The fourth-order valence-electron chi connectivity index (χ4n) is 1.74. The lowest BCUT2D eigenvalue weighted by Crippen LogP contribution is -2.00. The molecule has 3 nitrogen and oxygen atoms in total. The minimum absolute atomic E-state index is 0.302. The van der Waals surface area contributed by atoms with Crippen LogP contribution < -0.4 is 15.8 Å². The maximum atomic E-state index is 13.6. The number of aryl methyl sites for hydroxylation is 1. The van der Waals surface area contributed by atoms with E-state index in [0.717, 1.165) is 11.3 Å². The molecule has 0 aliphatic heterocycles. The van der Waals surface area contributed by atoms with Crippen molar-refractivity contribution in [1.82, 2.24) is 0 Å². The van der Waals surface area contributed by atoms with Crippen molar-refractivity contribution in [3.8, 4) is 5.75 Å². The third kappa shape index (κ3) is 3.09. The number of benzene rings is 2. The van der Waals surface area contributed by atoms with Crippen molar-refractivity contribution in [3.63, 3.8) is 0 Å². The highest BCUT2D eigenvalue weighted by molar-refractivity contribution is 14.1. The number of nitrogen functional groups attached to an aromatic ring is 1. The first-order valence-electron chi connectivity index (χ1n) is 5.67. The van der Waals surface area contributed by atoms with E-state index < -0.39 is 0 Å². The van der Waals surface area contributed by atoms with Crippen molar-refractivity contribution in [2.45, 2.75) is 6.92 Å². The van der Waals surface area contributed by atoms with Gasteiger partial charge in [-0.25, -0.2) is 4.39 Å². The molecule has 0 fully saturated rings. The van der Waals surface area contributed by atoms with Crippen LogP contribution in [-0.2, 0) is 0 Å². The Bertz CT molecular complexity index is 617. The van der Waals surface area contributed by atoms with Crippen LogP contribution in [0.25, 0.3) is 0 Å². The van der Waals surface area contributed by atoms with Gasteiger partial charge in [-0.15, -0.1) is 0 Å². The number of halogens is 2. The Hall–Kier alpha value is -1.50. The van der Waals surface area contributed by atoms with Crippen LogP contribution in [0.4, 0.5) is 21.5 Å². The minimum Gasteiger partial charge on any atom is -0.495 e. The number of anilines is 3. The van der Waals surface area contributed by atoms with Crippen molar-refractivity contribution in [1.29, 1.82) is 0 Å². The summed E-state index contributed by atoms with van der Waals surface area (Å²) in [7, 11) is 1.59. The van der Waals surface area contributed by atoms with Crippen LogP contribution in [0.1, 0.15) is 5.56 Å². The average molecular weight is 372 g/mol. The number of nitrogens with two attached hydrogens (primary N) is 1. The molecule has 0 saturated heterocycles. The van der Waals surface area contributed by atoms with E-state index in [1.165, 1.54) is 6.07 Å². The summed E-state index contributed by atoms with van der Waals surface area (Å²) >= 11 is 1.91. The van der Waals surface area contributed by atoms with E-state index in [1.54, 1.807) is 13.2 Å². The number of ether oxygens (including phenoxy) is 1. The molecule has 19 heavy (non-hydrogen) atoms. The Balaban J connectivity index is 2.41. The molecule has 0 aliphatic carbocycles. The van der Waals surface area contributed by atoms with E-state index in [9.17, 15) is 4.39 Å². The second-order valence-electron chi connectivity index (χ2n) is 4.18. The topological polar surface area (TPSA) is 47.3 Å². The molecule has 0 radical (unpaired) electrons. The van der Waals surface area contributed by atoms with Crippen LogP contribution in [0, 0.1) is 16.3 Å². The molecular weight excluding hydrogens is 358 g/mol. The lowest BCUT2D eigenvalue weighted by Gasteiger charge is -2.14. The third-order valence-electron chi connectivity index (χ3n) is 2.72. The number of nitrogens with one attached hydrogen (secondary N) is 1. The third-order valence-corrected chi connectivity index (χ3v) is 3.54. The van der Waals surface area contributed by atoms with Gasteiger partial charge in [0.05, 0.1) is 27.7 Å². The summed E-state index contributed by atoms with van der Waals surface area (Å²) in [6.45, 7) is 1.97. The van der Waals surface area contributed by atoms with Crippen LogP contribution in [0.3, 0.4) is 0 Å². The zero-order valence-electron chi connectivity index (χ0n) is 10.6. The summed E-state index contributed by atoms with van der Waals surface area (Å²) in [6.07, 6.45) is 0. The summed E-state index contributed by atoms with van der Waals surface area (Å²) in [6, 6.07) is 8.71. The normalized spacial score (nSPS) is 10.3. The summed E-state index contributed by atoms with van der Waals surface area (Å²) < 4.78 is 19.4. The SMILES string of the molecule is COc1ccc(C)cc1Nc1cc(F)c(I)cc1N. The van der Waals surface area contributed by atoms with Crippen molar-refractivity contribution in [2.75, 3.05) is 18.2 Å². The molecule has 100 valence electrons. The Morgan fingerprint density at radius 3 is 2.63 bits per heavy atom. The lowest BCUT2D eigenvalue weighted by molar-refractivity contribution is 0.416. The molecule has 0 aromatic heterocycles. The van der Waals surface area contributed by atoms with E-state index >= 15 is 0 Å². The van der Waals surface area contributed by atoms with Gasteiger partial charge in [0, 0.05) is 6.07 Å². The van der Waals surface area contributed by atoms with Gasteiger partial charge in [-0.05, 0) is 53.3 Å². The molecule has 0 unspecified atom stereocenters. The molecule has 3 N–H and O–H groups in total. The molecule has 0 amide bonds. The van der Waals surface area contributed by atoms with Gasteiger partial charge in [0.2, 0.25) is 0 Å². The largest absolute Gasteiger partial charge is 0.495 e. The second-order valence-corrected chi connectivity index (χ2v) is 5.34. The Morgan fingerprint density at radius 2 is 1.95 bits per heavy atom. The van der Waals surface area contributed by atoms with Crippen LogP contribution >= 0.6 is 22.6 Å². The van der Waals surface area contributed by atoms with Gasteiger partial charge in [0.1, 0.15) is 11.6 Å². The standard InChI is InChI=1S/C14H14FIN2O/c1-8-3-4-14(19-2)13(5-8)18-12-6-9(15)10(16)7-11(12)17/h3-7,18H,17H2,1-2H3. The maximum absolute atomic E-state index is 13.6. The molecular formula is C14H14FIN2O. The van der Waals surface area contributed by atoms with Gasteiger partial charge in [0.15, 0.2) is 0 Å². The lowest BCUT2D eigenvalue weighted by atomic mass is 10.2. The zero-order chi connectivity index (χ0) is 14.0.